The van der Waals surface area contributed by atoms with Gasteiger partial charge in [0.1, 0.15) is 9.92 Å². The van der Waals surface area contributed by atoms with Gasteiger partial charge in [0.25, 0.3) is 0 Å². The third-order valence-corrected chi connectivity index (χ3v) is 4.15. The van der Waals surface area contributed by atoms with Gasteiger partial charge >= 0.3 is 6.09 Å². The van der Waals surface area contributed by atoms with Gasteiger partial charge in [-0.2, -0.15) is 0 Å². The van der Waals surface area contributed by atoms with Crippen LogP contribution in [0.3, 0.4) is 0 Å². The van der Waals surface area contributed by atoms with Crippen LogP contribution in [0.2, 0.25) is 0 Å². The number of hydrogen-bond donors (Lipinski definition) is 1. The Morgan fingerprint density at radius 3 is 2.44 bits per heavy atom. The average molecular weight is 270 g/mol. The van der Waals surface area contributed by atoms with E-state index in [1.807, 2.05) is 19.1 Å². The fourth-order valence-corrected chi connectivity index (χ4v) is 2.84. The maximum Gasteiger partial charge on any atom is 0.443 e. The molecule has 0 radical (unpaired) electrons. The van der Waals surface area contributed by atoms with Crippen molar-refractivity contribution in [1.29, 1.82) is 0 Å². The van der Waals surface area contributed by atoms with Crippen LogP contribution in [0.1, 0.15) is 19.4 Å². The maximum atomic E-state index is 12.6. The molecule has 0 aliphatic rings. The van der Waals surface area contributed by atoms with E-state index in [9.17, 15) is 9.00 Å². The molecule has 18 heavy (non-hydrogen) atoms. The normalized spacial score (nSPS) is 13.7. The van der Waals surface area contributed by atoms with Gasteiger partial charge in [-0.1, -0.05) is 24.6 Å². The highest BCUT2D eigenvalue weighted by molar-refractivity contribution is 7.92. The number of carbonyl (C=O) groups is 1. The van der Waals surface area contributed by atoms with E-state index in [0.717, 1.165) is 5.56 Å². The fourth-order valence-electron chi connectivity index (χ4n) is 1.34. The Balaban J connectivity index is 3.18. The van der Waals surface area contributed by atoms with E-state index in [0.29, 0.717) is 11.4 Å². The number of hydrogen-bond acceptors (Lipinski definition) is 3. The molecule has 0 fully saturated rings. The standard InChI is InChI=1S/C12H18N2O3S/c1-4-13-18(16,14-12(15)17-5-2)11-8-6-10(3)7-9-11/h6-9H,4-5H2,1-3H3,(H,13,14,15,16). The molecule has 0 heterocycles. The quantitative estimate of drug-likeness (QED) is 0.914. The molecule has 0 aliphatic heterocycles. The van der Waals surface area contributed by atoms with Crippen molar-refractivity contribution in [3.63, 3.8) is 0 Å². The monoisotopic (exact) mass is 270 g/mol. The molecule has 0 spiro atoms. The molecule has 100 valence electrons. The highest BCUT2D eigenvalue weighted by Crippen LogP contribution is 2.13. The van der Waals surface area contributed by atoms with Crippen molar-refractivity contribution >= 4 is 16.0 Å². The van der Waals surface area contributed by atoms with Crippen molar-refractivity contribution in [1.82, 2.24) is 4.72 Å². The first-order valence-corrected chi connectivity index (χ1v) is 7.28. The summed E-state index contributed by atoms with van der Waals surface area (Å²) in [5.41, 5.74) is 1.05. The second-order valence-electron chi connectivity index (χ2n) is 3.63. The summed E-state index contributed by atoms with van der Waals surface area (Å²) < 4.78 is 23.7. The molecule has 0 bridgehead atoms. The molecule has 6 heteroatoms. The summed E-state index contributed by atoms with van der Waals surface area (Å²) in [5, 5.41) is 0. The van der Waals surface area contributed by atoms with Crippen LogP contribution < -0.4 is 4.72 Å². The Morgan fingerprint density at radius 1 is 1.33 bits per heavy atom. The van der Waals surface area contributed by atoms with E-state index >= 15 is 0 Å². The van der Waals surface area contributed by atoms with Crippen LogP contribution in [0, 0.1) is 6.92 Å². The van der Waals surface area contributed by atoms with Gasteiger partial charge in [-0.25, -0.2) is 13.7 Å². The lowest BCUT2D eigenvalue weighted by Gasteiger charge is -2.10. The zero-order chi connectivity index (χ0) is 13.6. The number of nitrogens with one attached hydrogen (secondary N) is 1. The summed E-state index contributed by atoms with van der Waals surface area (Å²) in [5.74, 6) is 0. The number of aryl methyl sites for hydroxylation is 1. The summed E-state index contributed by atoms with van der Waals surface area (Å²) in [6, 6.07) is 7.05. The SMILES string of the molecule is CCNS(=O)(=NC(=O)OCC)c1ccc(C)cc1. The van der Waals surface area contributed by atoms with Gasteiger partial charge in [0, 0.05) is 6.54 Å². The first kappa shape index (κ1) is 14.7. The average Bonchev–Trinajstić information content (AvgIpc) is 2.30. The number of rotatable bonds is 4. The van der Waals surface area contributed by atoms with Gasteiger partial charge in [0.15, 0.2) is 0 Å². The Kier molecular flexibility index (Phi) is 5.30. The maximum absolute atomic E-state index is 12.6. The minimum absolute atomic E-state index is 0.206. The van der Waals surface area contributed by atoms with Crippen LogP contribution in [-0.4, -0.2) is 23.5 Å². The molecule has 0 saturated carbocycles. The number of benzene rings is 1. The molecule has 1 N–H and O–H groups in total. The van der Waals surface area contributed by atoms with E-state index < -0.39 is 16.0 Å². The van der Waals surface area contributed by atoms with Crippen molar-refractivity contribution in [2.24, 2.45) is 4.36 Å². The second-order valence-corrected chi connectivity index (χ2v) is 5.62. The van der Waals surface area contributed by atoms with Crippen LogP contribution >= 0.6 is 0 Å². The molecule has 1 unspecified atom stereocenters. The molecule has 0 aliphatic carbocycles. The Bertz CT molecular complexity index is 517. The number of carbonyl (C=O) groups excluding carboxylic acids is 1. The highest BCUT2D eigenvalue weighted by atomic mass is 32.2. The lowest BCUT2D eigenvalue weighted by Crippen LogP contribution is -2.24. The Hall–Kier alpha value is -1.40. The third-order valence-electron chi connectivity index (χ3n) is 2.15. The van der Waals surface area contributed by atoms with E-state index in [1.165, 1.54) is 0 Å². The molecule has 1 rings (SSSR count). The summed E-state index contributed by atoms with van der Waals surface area (Å²) in [6.07, 6.45) is -0.816. The van der Waals surface area contributed by atoms with Gasteiger partial charge in [0.2, 0.25) is 0 Å². The molecule has 1 aromatic carbocycles. The van der Waals surface area contributed by atoms with Crippen LogP contribution in [0.5, 0.6) is 0 Å². The van der Waals surface area contributed by atoms with Crippen molar-refractivity contribution in [3.05, 3.63) is 29.8 Å². The van der Waals surface area contributed by atoms with Crippen LogP contribution in [-0.2, 0) is 14.7 Å². The Labute approximate surface area is 108 Å². The van der Waals surface area contributed by atoms with Gasteiger partial charge in [-0.3, -0.25) is 0 Å². The molecule has 0 saturated heterocycles. The molecule has 1 amide bonds. The first-order chi connectivity index (χ1) is 8.51. The molecule has 1 atom stereocenters. The molecular weight excluding hydrogens is 252 g/mol. The van der Waals surface area contributed by atoms with Crippen molar-refractivity contribution in [2.45, 2.75) is 25.7 Å². The largest absolute Gasteiger partial charge is 0.448 e. The minimum atomic E-state index is -2.96. The molecule has 1 aromatic rings. The van der Waals surface area contributed by atoms with Gasteiger partial charge in [-0.15, -0.1) is 4.36 Å². The predicted molar refractivity (Wildman–Crippen MR) is 70.7 cm³/mol. The summed E-state index contributed by atoms with van der Waals surface area (Å²) in [7, 11) is -2.96. The number of amides is 1. The van der Waals surface area contributed by atoms with Gasteiger partial charge in [0.05, 0.1) is 11.5 Å². The van der Waals surface area contributed by atoms with Crippen LogP contribution in [0.25, 0.3) is 0 Å². The van der Waals surface area contributed by atoms with E-state index in [2.05, 4.69) is 9.08 Å². The second kappa shape index (κ2) is 6.51. The van der Waals surface area contributed by atoms with Crippen LogP contribution in [0.4, 0.5) is 4.79 Å². The summed E-state index contributed by atoms with van der Waals surface area (Å²) in [6.45, 7) is 6.05. The summed E-state index contributed by atoms with van der Waals surface area (Å²) in [4.78, 5) is 11.8. The number of ether oxygens (including phenoxy) is 1. The zero-order valence-corrected chi connectivity index (χ0v) is 11.6. The highest BCUT2D eigenvalue weighted by Gasteiger charge is 2.14. The number of nitrogens with zero attached hydrogens (tertiary/aromatic N) is 1. The Morgan fingerprint density at radius 2 is 1.94 bits per heavy atom. The first-order valence-electron chi connectivity index (χ1n) is 5.77. The fraction of sp³-hybridized carbons (Fsp3) is 0.417. The minimum Gasteiger partial charge on any atom is -0.448 e. The molecule has 5 nitrogen and oxygen atoms in total. The molecular formula is C12H18N2O3S. The van der Waals surface area contributed by atoms with Gasteiger partial charge in [-0.05, 0) is 26.0 Å². The molecule has 0 aromatic heterocycles. The topological polar surface area (TPSA) is 67.8 Å². The lowest BCUT2D eigenvalue weighted by molar-refractivity contribution is 0.164. The predicted octanol–water partition coefficient (Wildman–Crippen LogP) is 2.50. The smallest absolute Gasteiger partial charge is 0.443 e. The van der Waals surface area contributed by atoms with Gasteiger partial charge < -0.3 is 4.74 Å². The van der Waals surface area contributed by atoms with Crippen molar-refractivity contribution < 1.29 is 13.7 Å². The van der Waals surface area contributed by atoms with E-state index in [1.54, 1.807) is 26.0 Å². The summed E-state index contributed by atoms with van der Waals surface area (Å²) >= 11 is 0. The van der Waals surface area contributed by atoms with Crippen molar-refractivity contribution in [2.75, 3.05) is 13.2 Å². The van der Waals surface area contributed by atoms with Crippen LogP contribution in [0.15, 0.2) is 33.5 Å². The van der Waals surface area contributed by atoms with E-state index in [4.69, 9.17) is 4.74 Å². The van der Waals surface area contributed by atoms with Crippen molar-refractivity contribution in [3.8, 4) is 0 Å². The zero-order valence-electron chi connectivity index (χ0n) is 10.8. The third kappa shape index (κ3) is 3.82. The lowest BCUT2D eigenvalue weighted by atomic mass is 10.2. The van der Waals surface area contributed by atoms with E-state index in [-0.39, 0.29) is 6.61 Å².